The fourth-order valence-electron chi connectivity index (χ4n) is 1.77. The van der Waals surface area contributed by atoms with Crippen LogP contribution in [0.5, 0.6) is 5.75 Å². The highest BCUT2D eigenvalue weighted by Crippen LogP contribution is 2.21. The number of oxime groups is 1. The molecule has 0 amide bonds. The lowest BCUT2D eigenvalue weighted by Crippen LogP contribution is -2.19. The van der Waals surface area contributed by atoms with E-state index >= 15 is 0 Å². The predicted octanol–water partition coefficient (Wildman–Crippen LogP) is 2.22. The molecule has 0 aliphatic carbocycles. The molecule has 0 fully saturated rings. The summed E-state index contributed by atoms with van der Waals surface area (Å²) in [4.78, 5) is 0. The smallest absolute Gasteiger partial charge is 0.389 e. The summed E-state index contributed by atoms with van der Waals surface area (Å²) in [6.07, 6.45) is -4.95. The summed E-state index contributed by atoms with van der Waals surface area (Å²) in [7, 11) is 1.49. The molecule has 0 aliphatic rings. The van der Waals surface area contributed by atoms with E-state index in [-0.39, 0.29) is 18.8 Å². The zero-order chi connectivity index (χ0) is 15.9. The van der Waals surface area contributed by atoms with E-state index in [9.17, 15) is 13.2 Å². The van der Waals surface area contributed by atoms with E-state index in [0.717, 1.165) is 0 Å². The van der Waals surface area contributed by atoms with E-state index in [0.29, 0.717) is 23.4 Å². The number of nitrogens with one attached hydrogen (secondary N) is 1. The quantitative estimate of drug-likeness (QED) is 0.237. The summed E-state index contributed by atoms with van der Waals surface area (Å²) in [5, 5.41) is 14.4. The molecular weight excluding hydrogens is 287 g/mol. The lowest BCUT2D eigenvalue weighted by Gasteiger charge is -2.12. The summed E-state index contributed by atoms with van der Waals surface area (Å²) >= 11 is 0. The van der Waals surface area contributed by atoms with Crippen molar-refractivity contribution < 1.29 is 23.1 Å². The number of nitrogens with two attached hydrogens (primary N) is 1. The molecule has 0 saturated carbocycles. The molecule has 0 unspecified atom stereocenters. The molecule has 1 rings (SSSR count). The number of rotatable bonds is 7. The van der Waals surface area contributed by atoms with Gasteiger partial charge < -0.3 is 21.0 Å². The topological polar surface area (TPSA) is 79.9 Å². The molecule has 8 heteroatoms. The molecule has 0 radical (unpaired) electrons. The van der Waals surface area contributed by atoms with Crippen LogP contribution in [0.2, 0.25) is 0 Å². The Kier molecular flexibility index (Phi) is 6.29. The standard InChI is InChI=1S/C13H18F3N3O2/c1-21-11-4-3-9(12(17)19-20)7-10(11)8-18-6-2-5-13(14,15)16/h3-4,7,18,20H,2,5-6,8H2,1H3,(H2,17,19). The average molecular weight is 305 g/mol. The highest BCUT2D eigenvalue weighted by molar-refractivity contribution is 5.97. The number of halogens is 3. The zero-order valence-electron chi connectivity index (χ0n) is 11.6. The lowest BCUT2D eigenvalue weighted by atomic mass is 10.1. The molecule has 1 aromatic rings. The van der Waals surface area contributed by atoms with E-state index < -0.39 is 12.6 Å². The van der Waals surface area contributed by atoms with Crippen LogP contribution in [0.4, 0.5) is 13.2 Å². The second kappa shape index (κ2) is 7.72. The van der Waals surface area contributed by atoms with Crippen LogP contribution in [0.1, 0.15) is 24.0 Å². The second-order valence-electron chi connectivity index (χ2n) is 4.41. The molecule has 0 saturated heterocycles. The summed E-state index contributed by atoms with van der Waals surface area (Å²) in [6, 6.07) is 4.94. The third-order valence-electron chi connectivity index (χ3n) is 2.81. The van der Waals surface area contributed by atoms with Crippen molar-refractivity contribution in [2.45, 2.75) is 25.6 Å². The number of benzene rings is 1. The van der Waals surface area contributed by atoms with Crippen LogP contribution >= 0.6 is 0 Å². The number of hydrogen-bond donors (Lipinski definition) is 3. The van der Waals surface area contributed by atoms with Crippen molar-refractivity contribution in [2.24, 2.45) is 10.9 Å². The Morgan fingerprint density at radius 1 is 1.43 bits per heavy atom. The predicted molar refractivity (Wildman–Crippen MR) is 72.5 cm³/mol. The summed E-state index contributed by atoms with van der Waals surface area (Å²) in [5.41, 5.74) is 6.71. The van der Waals surface area contributed by atoms with Gasteiger partial charge in [-0.05, 0) is 31.2 Å². The molecule has 0 spiro atoms. The van der Waals surface area contributed by atoms with Gasteiger partial charge in [0.05, 0.1) is 7.11 Å². The molecule has 0 aromatic heterocycles. The number of hydrogen-bond acceptors (Lipinski definition) is 4. The monoisotopic (exact) mass is 305 g/mol. The van der Waals surface area contributed by atoms with Crippen molar-refractivity contribution in [1.82, 2.24) is 5.32 Å². The lowest BCUT2D eigenvalue weighted by molar-refractivity contribution is -0.135. The Labute approximate surface area is 120 Å². The molecular formula is C13H18F3N3O2. The van der Waals surface area contributed by atoms with Crippen LogP contribution in [-0.2, 0) is 6.54 Å². The highest BCUT2D eigenvalue weighted by atomic mass is 19.4. The van der Waals surface area contributed by atoms with E-state index in [1.807, 2.05) is 0 Å². The first-order valence-electron chi connectivity index (χ1n) is 6.29. The first kappa shape index (κ1) is 17.1. The van der Waals surface area contributed by atoms with Gasteiger partial charge in [0.1, 0.15) is 5.75 Å². The van der Waals surface area contributed by atoms with Gasteiger partial charge in [0.2, 0.25) is 0 Å². The summed E-state index contributed by atoms with van der Waals surface area (Å²) in [6.45, 7) is 0.560. The van der Waals surface area contributed by atoms with Gasteiger partial charge in [-0.1, -0.05) is 5.16 Å². The maximum absolute atomic E-state index is 12.0. The molecule has 0 aliphatic heterocycles. The van der Waals surface area contributed by atoms with Crippen molar-refractivity contribution in [1.29, 1.82) is 0 Å². The van der Waals surface area contributed by atoms with Gasteiger partial charge in [-0.2, -0.15) is 13.2 Å². The Bertz CT molecular complexity index is 490. The van der Waals surface area contributed by atoms with Gasteiger partial charge in [0, 0.05) is 24.1 Å². The molecule has 21 heavy (non-hydrogen) atoms. The van der Waals surface area contributed by atoms with Gasteiger partial charge in [0.15, 0.2) is 5.84 Å². The number of alkyl halides is 3. The summed E-state index contributed by atoms with van der Waals surface area (Å²) < 4.78 is 41.2. The van der Waals surface area contributed by atoms with Crippen molar-refractivity contribution in [2.75, 3.05) is 13.7 Å². The Morgan fingerprint density at radius 2 is 2.14 bits per heavy atom. The van der Waals surface area contributed by atoms with E-state index in [1.54, 1.807) is 18.2 Å². The van der Waals surface area contributed by atoms with Gasteiger partial charge in [-0.25, -0.2) is 0 Å². The normalized spacial score (nSPS) is 12.5. The van der Waals surface area contributed by atoms with Crippen LogP contribution in [0.25, 0.3) is 0 Å². The van der Waals surface area contributed by atoms with Crippen molar-refractivity contribution in [3.8, 4) is 5.75 Å². The van der Waals surface area contributed by atoms with Crippen LogP contribution in [0.15, 0.2) is 23.4 Å². The third-order valence-corrected chi connectivity index (χ3v) is 2.81. The zero-order valence-corrected chi connectivity index (χ0v) is 11.6. The molecule has 4 N–H and O–H groups in total. The first-order chi connectivity index (χ1) is 9.87. The molecule has 5 nitrogen and oxygen atoms in total. The van der Waals surface area contributed by atoms with Crippen molar-refractivity contribution >= 4 is 5.84 Å². The van der Waals surface area contributed by atoms with Gasteiger partial charge in [0.25, 0.3) is 0 Å². The highest BCUT2D eigenvalue weighted by Gasteiger charge is 2.25. The van der Waals surface area contributed by atoms with Crippen molar-refractivity contribution in [3.63, 3.8) is 0 Å². The average Bonchev–Trinajstić information content (AvgIpc) is 2.44. The maximum atomic E-state index is 12.0. The van der Waals surface area contributed by atoms with E-state index in [4.69, 9.17) is 15.7 Å². The molecule has 118 valence electrons. The minimum atomic E-state index is -4.13. The minimum absolute atomic E-state index is 0.00570. The molecule has 1 aromatic carbocycles. The molecule has 0 atom stereocenters. The van der Waals surface area contributed by atoms with E-state index in [1.165, 1.54) is 7.11 Å². The number of amidine groups is 1. The second-order valence-corrected chi connectivity index (χ2v) is 4.41. The fourth-order valence-corrected chi connectivity index (χ4v) is 1.77. The number of methoxy groups -OCH3 is 1. The van der Waals surface area contributed by atoms with Crippen LogP contribution in [-0.4, -0.2) is 30.9 Å². The van der Waals surface area contributed by atoms with Crippen LogP contribution < -0.4 is 15.8 Å². The maximum Gasteiger partial charge on any atom is 0.389 e. The number of nitrogens with zero attached hydrogens (tertiary/aromatic N) is 1. The Morgan fingerprint density at radius 3 is 2.71 bits per heavy atom. The third kappa shape index (κ3) is 5.90. The van der Waals surface area contributed by atoms with Gasteiger partial charge in [-0.15, -0.1) is 0 Å². The largest absolute Gasteiger partial charge is 0.496 e. The Hall–Kier alpha value is -1.96. The van der Waals surface area contributed by atoms with Gasteiger partial charge >= 0.3 is 6.18 Å². The molecule has 0 bridgehead atoms. The van der Waals surface area contributed by atoms with Crippen LogP contribution in [0, 0.1) is 0 Å². The minimum Gasteiger partial charge on any atom is -0.496 e. The molecule has 0 heterocycles. The van der Waals surface area contributed by atoms with Crippen LogP contribution in [0.3, 0.4) is 0 Å². The summed E-state index contributed by atoms with van der Waals surface area (Å²) in [5.74, 6) is 0.531. The number of ether oxygens (including phenoxy) is 1. The first-order valence-corrected chi connectivity index (χ1v) is 6.29. The van der Waals surface area contributed by atoms with Crippen molar-refractivity contribution in [3.05, 3.63) is 29.3 Å². The van der Waals surface area contributed by atoms with E-state index in [2.05, 4.69) is 10.5 Å². The Balaban J connectivity index is 2.60. The fraction of sp³-hybridized carbons (Fsp3) is 0.462. The van der Waals surface area contributed by atoms with Gasteiger partial charge in [-0.3, -0.25) is 0 Å². The SMILES string of the molecule is COc1ccc(/C(N)=N/O)cc1CNCCCC(F)(F)F.